The quantitative estimate of drug-likeness (QED) is 0.878. The highest BCUT2D eigenvalue weighted by atomic mass is 19.1. The van der Waals surface area contributed by atoms with Crippen molar-refractivity contribution in [1.82, 2.24) is 0 Å². The number of rotatable bonds is 3. The minimum Gasteiger partial charge on any atom is -0.381 e. The highest BCUT2D eigenvalue weighted by Gasteiger charge is 2.23. The van der Waals surface area contributed by atoms with E-state index in [4.69, 9.17) is 4.74 Å². The molecule has 1 heterocycles. The van der Waals surface area contributed by atoms with E-state index in [-0.39, 0.29) is 17.5 Å². The SMILES string of the molecule is Cc1cc(F)c(NC(C)C2CCOC2)cc1F. The molecule has 1 fully saturated rings. The molecule has 0 bridgehead atoms. The van der Waals surface area contributed by atoms with Crippen LogP contribution in [0.1, 0.15) is 18.9 Å². The first kappa shape index (κ1) is 12.3. The van der Waals surface area contributed by atoms with Gasteiger partial charge in [-0.05, 0) is 31.9 Å². The molecule has 2 atom stereocenters. The lowest BCUT2D eigenvalue weighted by atomic mass is 10.0. The van der Waals surface area contributed by atoms with Crippen LogP contribution in [-0.2, 0) is 4.74 Å². The summed E-state index contributed by atoms with van der Waals surface area (Å²) in [4.78, 5) is 0. The van der Waals surface area contributed by atoms with Crippen molar-refractivity contribution in [1.29, 1.82) is 0 Å². The van der Waals surface area contributed by atoms with Crippen molar-refractivity contribution in [2.24, 2.45) is 5.92 Å². The Labute approximate surface area is 100.0 Å². The normalized spacial score (nSPS) is 21.5. The van der Waals surface area contributed by atoms with Gasteiger partial charge in [0, 0.05) is 24.6 Å². The van der Waals surface area contributed by atoms with E-state index in [0.717, 1.165) is 13.0 Å². The average molecular weight is 241 g/mol. The molecule has 0 spiro atoms. The van der Waals surface area contributed by atoms with Crippen molar-refractivity contribution in [2.75, 3.05) is 18.5 Å². The highest BCUT2D eigenvalue weighted by molar-refractivity contribution is 5.47. The zero-order valence-corrected chi connectivity index (χ0v) is 10.1. The maximum Gasteiger partial charge on any atom is 0.146 e. The van der Waals surface area contributed by atoms with Crippen molar-refractivity contribution >= 4 is 5.69 Å². The molecule has 4 heteroatoms. The van der Waals surface area contributed by atoms with E-state index in [0.29, 0.717) is 18.1 Å². The summed E-state index contributed by atoms with van der Waals surface area (Å²) in [5, 5.41) is 3.03. The third-order valence-corrected chi connectivity index (χ3v) is 3.30. The molecule has 94 valence electrons. The van der Waals surface area contributed by atoms with Crippen molar-refractivity contribution < 1.29 is 13.5 Å². The van der Waals surface area contributed by atoms with E-state index < -0.39 is 5.82 Å². The van der Waals surface area contributed by atoms with Crippen LogP contribution in [0, 0.1) is 24.5 Å². The molecule has 0 amide bonds. The molecule has 0 aliphatic carbocycles. The molecular formula is C13H17F2NO. The summed E-state index contributed by atoms with van der Waals surface area (Å²) in [7, 11) is 0. The smallest absolute Gasteiger partial charge is 0.146 e. The van der Waals surface area contributed by atoms with Gasteiger partial charge in [-0.25, -0.2) is 8.78 Å². The summed E-state index contributed by atoms with van der Waals surface area (Å²) >= 11 is 0. The Bertz CT molecular complexity index is 403. The first-order valence-electron chi connectivity index (χ1n) is 5.88. The third-order valence-electron chi connectivity index (χ3n) is 3.30. The number of ether oxygens (including phenoxy) is 1. The Morgan fingerprint density at radius 1 is 1.35 bits per heavy atom. The van der Waals surface area contributed by atoms with E-state index in [2.05, 4.69) is 5.32 Å². The number of anilines is 1. The van der Waals surface area contributed by atoms with Crippen molar-refractivity contribution in [3.63, 3.8) is 0 Å². The molecule has 1 aromatic carbocycles. The maximum atomic E-state index is 13.6. The topological polar surface area (TPSA) is 21.3 Å². The molecule has 1 saturated heterocycles. The van der Waals surface area contributed by atoms with Gasteiger partial charge in [0.25, 0.3) is 0 Å². The molecular weight excluding hydrogens is 224 g/mol. The predicted molar refractivity (Wildman–Crippen MR) is 63.1 cm³/mol. The number of halogens is 2. The number of hydrogen-bond donors (Lipinski definition) is 1. The Balaban J connectivity index is 2.09. The molecule has 0 saturated carbocycles. The summed E-state index contributed by atoms with van der Waals surface area (Å²) in [6, 6.07) is 2.51. The van der Waals surface area contributed by atoms with Crippen LogP contribution in [0.2, 0.25) is 0 Å². The molecule has 0 radical (unpaired) electrons. The average Bonchev–Trinajstić information content (AvgIpc) is 2.79. The Kier molecular flexibility index (Phi) is 3.62. The fraction of sp³-hybridized carbons (Fsp3) is 0.538. The molecule has 2 nitrogen and oxygen atoms in total. The summed E-state index contributed by atoms with van der Waals surface area (Å²) in [6.07, 6.45) is 0.962. The molecule has 1 aromatic rings. The molecule has 0 aromatic heterocycles. The fourth-order valence-corrected chi connectivity index (χ4v) is 2.07. The second-order valence-electron chi connectivity index (χ2n) is 4.64. The Morgan fingerprint density at radius 2 is 2.12 bits per heavy atom. The summed E-state index contributed by atoms with van der Waals surface area (Å²) in [5.41, 5.74) is 0.553. The van der Waals surface area contributed by atoms with E-state index in [9.17, 15) is 8.78 Å². The third kappa shape index (κ3) is 2.75. The summed E-state index contributed by atoms with van der Waals surface area (Å²) in [5.74, 6) is -0.433. The largest absolute Gasteiger partial charge is 0.381 e. The van der Waals surface area contributed by atoms with Crippen molar-refractivity contribution in [3.8, 4) is 0 Å². The van der Waals surface area contributed by atoms with Gasteiger partial charge in [-0.3, -0.25) is 0 Å². The molecule has 17 heavy (non-hydrogen) atoms. The van der Waals surface area contributed by atoms with E-state index in [1.54, 1.807) is 6.92 Å². The number of aryl methyl sites for hydroxylation is 1. The van der Waals surface area contributed by atoms with E-state index in [1.165, 1.54) is 12.1 Å². The highest BCUT2D eigenvalue weighted by Crippen LogP contribution is 2.23. The van der Waals surface area contributed by atoms with Crippen molar-refractivity contribution in [2.45, 2.75) is 26.3 Å². The second-order valence-corrected chi connectivity index (χ2v) is 4.64. The van der Waals surface area contributed by atoms with Crippen LogP contribution in [0.15, 0.2) is 12.1 Å². The van der Waals surface area contributed by atoms with Gasteiger partial charge in [-0.15, -0.1) is 0 Å². The van der Waals surface area contributed by atoms with Gasteiger partial charge in [0.1, 0.15) is 11.6 Å². The van der Waals surface area contributed by atoms with Gasteiger partial charge < -0.3 is 10.1 Å². The molecule has 1 aliphatic rings. The summed E-state index contributed by atoms with van der Waals surface area (Å²) < 4.78 is 32.3. The Morgan fingerprint density at radius 3 is 2.76 bits per heavy atom. The van der Waals surface area contributed by atoms with Crippen LogP contribution in [0.5, 0.6) is 0 Å². The Hall–Kier alpha value is -1.16. The van der Waals surface area contributed by atoms with Crippen LogP contribution in [-0.4, -0.2) is 19.3 Å². The van der Waals surface area contributed by atoms with Crippen LogP contribution < -0.4 is 5.32 Å². The fourth-order valence-electron chi connectivity index (χ4n) is 2.07. The van der Waals surface area contributed by atoms with Gasteiger partial charge in [0.2, 0.25) is 0 Å². The molecule has 2 rings (SSSR count). The second kappa shape index (κ2) is 5.00. The van der Waals surface area contributed by atoms with Gasteiger partial charge >= 0.3 is 0 Å². The molecule has 1 N–H and O–H groups in total. The number of benzene rings is 1. The lowest BCUT2D eigenvalue weighted by Gasteiger charge is -2.21. The standard InChI is InChI=1S/C13H17F2NO/c1-8-5-12(15)13(6-11(8)14)16-9(2)10-3-4-17-7-10/h5-6,9-10,16H,3-4,7H2,1-2H3. The zero-order chi connectivity index (χ0) is 12.4. The minimum atomic E-state index is -0.408. The molecule has 1 aliphatic heterocycles. The molecule has 2 unspecified atom stereocenters. The van der Waals surface area contributed by atoms with Gasteiger partial charge in [0.15, 0.2) is 0 Å². The zero-order valence-electron chi connectivity index (χ0n) is 10.1. The lowest BCUT2D eigenvalue weighted by Crippen LogP contribution is -2.26. The van der Waals surface area contributed by atoms with E-state index in [1.807, 2.05) is 6.92 Å². The van der Waals surface area contributed by atoms with Crippen LogP contribution in [0.3, 0.4) is 0 Å². The van der Waals surface area contributed by atoms with Crippen LogP contribution in [0.4, 0.5) is 14.5 Å². The minimum absolute atomic E-state index is 0.0779. The first-order valence-corrected chi connectivity index (χ1v) is 5.88. The summed E-state index contributed by atoms with van der Waals surface area (Å²) in [6.45, 7) is 4.96. The van der Waals surface area contributed by atoms with Gasteiger partial charge in [-0.1, -0.05) is 0 Å². The monoisotopic (exact) mass is 241 g/mol. The predicted octanol–water partition coefficient (Wildman–Crippen LogP) is 3.11. The van der Waals surface area contributed by atoms with Crippen molar-refractivity contribution in [3.05, 3.63) is 29.3 Å². The van der Waals surface area contributed by atoms with Crippen LogP contribution in [0.25, 0.3) is 0 Å². The maximum absolute atomic E-state index is 13.6. The first-order chi connectivity index (χ1) is 8.08. The van der Waals surface area contributed by atoms with Gasteiger partial charge in [0.05, 0.1) is 12.3 Å². The van der Waals surface area contributed by atoms with E-state index >= 15 is 0 Å². The van der Waals surface area contributed by atoms with Crippen LogP contribution >= 0.6 is 0 Å². The lowest BCUT2D eigenvalue weighted by molar-refractivity contribution is 0.183. The van der Waals surface area contributed by atoms with Gasteiger partial charge in [-0.2, -0.15) is 0 Å². The number of nitrogens with one attached hydrogen (secondary N) is 1. The number of hydrogen-bond acceptors (Lipinski definition) is 2.